The number of alkyl halides is 1. The minimum Gasteiger partial charge on any atom is -0.470 e. The van der Waals surface area contributed by atoms with Gasteiger partial charge in [-0.3, -0.25) is 0 Å². The molecule has 2 rings (SSSR count). The molecule has 0 unspecified atom stereocenters. The van der Waals surface area contributed by atoms with Crippen LogP contribution >= 0.6 is 0 Å². The first-order valence-corrected chi connectivity index (χ1v) is 6.90. The quantitative estimate of drug-likeness (QED) is 0.800. The Bertz CT molecular complexity index is 509. The zero-order valence-electron chi connectivity index (χ0n) is 12.9. The lowest BCUT2D eigenvalue weighted by Crippen LogP contribution is -2.41. The first kappa shape index (κ1) is 16.2. The van der Waals surface area contributed by atoms with Gasteiger partial charge in [-0.05, 0) is 40.7 Å². The van der Waals surface area contributed by atoms with E-state index in [1.807, 2.05) is 27.7 Å². The van der Waals surface area contributed by atoms with E-state index < -0.39 is 36.9 Å². The first-order valence-electron chi connectivity index (χ1n) is 6.90. The highest BCUT2D eigenvalue weighted by atomic mass is 19.1. The van der Waals surface area contributed by atoms with Gasteiger partial charge < -0.3 is 14.0 Å². The summed E-state index contributed by atoms with van der Waals surface area (Å²) in [7, 11) is -0.690. The van der Waals surface area contributed by atoms with Crippen LogP contribution in [0.15, 0.2) is 12.3 Å². The summed E-state index contributed by atoms with van der Waals surface area (Å²) in [5.41, 5.74) is -0.552. The molecular weight excluding hydrogens is 279 g/mol. The zero-order valence-corrected chi connectivity index (χ0v) is 12.9. The molecule has 1 aliphatic heterocycles. The number of rotatable bonds is 4. The largest absolute Gasteiger partial charge is 0.496 e. The lowest BCUT2D eigenvalue weighted by molar-refractivity contribution is 0.00578. The topological polar surface area (TPSA) is 40.6 Å². The van der Waals surface area contributed by atoms with E-state index in [4.69, 9.17) is 14.0 Å². The molecule has 7 heteroatoms. The second-order valence-corrected chi connectivity index (χ2v) is 6.23. The average Bonchev–Trinajstić information content (AvgIpc) is 2.60. The van der Waals surface area contributed by atoms with Crippen molar-refractivity contribution in [2.24, 2.45) is 0 Å². The second-order valence-electron chi connectivity index (χ2n) is 6.23. The SMILES string of the molecule is C[C@@H](CF)Oc1ncc(B2OC(C)(C)C(C)(C)O2)cc1F. The molecule has 2 heterocycles. The number of halogens is 2. The highest BCUT2D eigenvalue weighted by Gasteiger charge is 2.51. The molecule has 1 fully saturated rings. The van der Waals surface area contributed by atoms with Crippen LogP contribution in [0.5, 0.6) is 5.88 Å². The number of ether oxygens (including phenoxy) is 1. The Morgan fingerprint density at radius 2 is 1.86 bits per heavy atom. The monoisotopic (exact) mass is 299 g/mol. The molecule has 4 nitrogen and oxygen atoms in total. The van der Waals surface area contributed by atoms with Gasteiger partial charge in [0.1, 0.15) is 12.8 Å². The van der Waals surface area contributed by atoms with Crippen LogP contribution in [0, 0.1) is 5.82 Å². The maximum Gasteiger partial charge on any atom is 0.496 e. The van der Waals surface area contributed by atoms with Gasteiger partial charge in [0, 0.05) is 11.7 Å². The Balaban J connectivity index is 2.18. The molecule has 0 amide bonds. The van der Waals surface area contributed by atoms with Gasteiger partial charge in [-0.25, -0.2) is 13.8 Å². The highest BCUT2D eigenvalue weighted by Crippen LogP contribution is 2.36. The van der Waals surface area contributed by atoms with Crippen molar-refractivity contribution in [1.82, 2.24) is 4.98 Å². The third-order valence-electron chi connectivity index (χ3n) is 3.88. The summed E-state index contributed by atoms with van der Waals surface area (Å²) in [4.78, 5) is 3.88. The summed E-state index contributed by atoms with van der Waals surface area (Å²) < 4.78 is 43.0. The number of pyridine rings is 1. The minimum atomic E-state index is -0.741. The Morgan fingerprint density at radius 1 is 1.29 bits per heavy atom. The first-order chi connectivity index (χ1) is 9.66. The van der Waals surface area contributed by atoms with Crippen molar-refractivity contribution in [3.8, 4) is 5.88 Å². The van der Waals surface area contributed by atoms with Crippen molar-refractivity contribution in [2.45, 2.75) is 51.9 Å². The lowest BCUT2D eigenvalue weighted by atomic mass is 9.80. The second kappa shape index (κ2) is 5.53. The van der Waals surface area contributed by atoms with Gasteiger partial charge in [0.05, 0.1) is 11.2 Å². The Hall–Kier alpha value is -1.21. The molecule has 0 bridgehead atoms. The molecule has 0 spiro atoms. The molecule has 21 heavy (non-hydrogen) atoms. The van der Waals surface area contributed by atoms with Crippen LogP contribution in [0.3, 0.4) is 0 Å². The van der Waals surface area contributed by atoms with Crippen molar-refractivity contribution >= 4 is 12.6 Å². The van der Waals surface area contributed by atoms with E-state index in [9.17, 15) is 8.78 Å². The van der Waals surface area contributed by atoms with Crippen molar-refractivity contribution in [1.29, 1.82) is 0 Å². The van der Waals surface area contributed by atoms with Gasteiger partial charge in [0.15, 0.2) is 5.82 Å². The standard InChI is InChI=1S/C14H20BF2NO3/c1-9(7-16)19-12-11(17)6-10(8-18-12)15-20-13(2,3)14(4,5)21-15/h6,8-9H,7H2,1-5H3/t9-/m0/s1. The van der Waals surface area contributed by atoms with Crippen LogP contribution < -0.4 is 10.2 Å². The fourth-order valence-electron chi connectivity index (χ4n) is 1.86. The van der Waals surface area contributed by atoms with Crippen molar-refractivity contribution in [3.05, 3.63) is 18.1 Å². The highest BCUT2D eigenvalue weighted by molar-refractivity contribution is 6.62. The fourth-order valence-corrected chi connectivity index (χ4v) is 1.86. The van der Waals surface area contributed by atoms with Crippen LogP contribution in [0.1, 0.15) is 34.6 Å². The predicted molar refractivity (Wildman–Crippen MR) is 76.0 cm³/mol. The Morgan fingerprint density at radius 3 is 2.33 bits per heavy atom. The maximum atomic E-state index is 14.0. The third-order valence-corrected chi connectivity index (χ3v) is 3.88. The molecule has 1 saturated heterocycles. The van der Waals surface area contributed by atoms with Crippen molar-refractivity contribution < 1.29 is 22.8 Å². The molecule has 0 aromatic carbocycles. The third kappa shape index (κ3) is 3.19. The summed E-state index contributed by atoms with van der Waals surface area (Å²) in [6, 6.07) is 1.25. The summed E-state index contributed by atoms with van der Waals surface area (Å²) in [6.45, 7) is 8.45. The van der Waals surface area contributed by atoms with Crippen LogP contribution in [0.2, 0.25) is 0 Å². The van der Waals surface area contributed by atoms with E-state index in [1.165, 1.54) is 19.2 Å². The molecule has 0 N–H and O–H groups in total. The average molecular weight is 299 g/mol. The fraction of sp³-hybridized carbons (Fsp3) is 0.643. The summed E-state index contributed by atoms with van der Waals surface area (Å²) in [5.74, 6) is -0.886. The van der Waals surface area contributed by atoms with Crippen LogP contribution in [-0.2, 0) is 9.31 Å². The van der Waals surface area contributed by atoms with Gasteiger partial charge in [-0.2, -0.15) is 0 Å². The van der Waals surface area contributed by atoms with Crippen molar-refractivity contribution in [3.63, 3.8) is 0 Å². The predicted octanol–water partition coefficient (Wildman–Crippen LogP) is 2.26. The van der Waals surface area contributed by atoms with Crippen LogP contribution in [0.4, 0.5) is 8.78 Å². The smallest absolute Gasteiger partial charge is 0.470 e. The van der Waals surface area contributed by atoms with E-state index >= 15 is 0 Å². The number of hydrogen-bond donors (Lipinski definition) is 0. The molecule has 0 aliphatic carbocycles. The van der Waals surface area contributed by atoms with E-state index in [0.29, 0.717) is 5.46 Å². The molecule has 0 radical (unpaired) electrons. The maximum absolute atomic E-state index is 14.0. The van der Waals surface area contributed by atoms with Crippen molar-refractivity contribution in [2.75, 3.05) is 6.67 Å². The number of nitrogens with zero attached hydrogens (tertiary/aromatic N) is 1. The van der Waals surface area contributed by atoms with Crippen LogP contribution in [-0.4, -0.2) is 36.1 Å². The van der Waals surface area contributed by atoms with Gasteiger partial charge in [-0.15, -0.1) is 0 Å². The molecular formula is C14H20BF2NO3. The zero-order chi connectivity index (χ0) is 15.8. The van der Waals surface area contributed by atoms with E-state index in [2.05, 4.69) is 4.98 Å². The Labute approximate surface area is 123 Å². The van der Waals surface area contributed by atoms with E-state index in [1.54, 1.807) is 0 Å². The molecule has 1 atom stereocenters. The molecule has 1 aromatic heterocycles. The van der Waals surface area contributed by atoms with Gasteiger partial charge in [-0.1, -0.05) is 0 Å². The number of aromatic nitrogens is 1. The molecule has 1 aromatic rings. The number of hydrogen-bond acceptors (Lipinski definition) is 4. The molecule has 0 saturated carbocycles. The normalized spacial score (nSPS) is 21.4. The summed E-state index contributed by atoms with van der Waals surface area (Å²) in [6.07, 6.45) is 0.681. The summed E-state index contributed by atoms with van der Waals surface area (Å²) in [5, 5.41) is 0. The Kier molecular flexibility index (Phi) is 4.26. The van der Waals surface area contributed by atoms with E-state index in [0.717, 1.165) is 0 Å². The minimum absolute atomic E-state index is 0.222. The molecule has 1 aliphatic rings. The summed E-state index contributed by atoms with van der Waals surface area (Å²) >= 11 is 0. The molecule has 116 valence electrons. The van der Waals surface area contributed by atoms with Gasteiger partial charge in [0.25, 0.3) is 5.88 Å². The van der Waals surface area contributed by atoms with E-state index in [-0.39, 0.29) is 5.88 Å². The van der Waals surface area contributed by atoms with Crippen LogP contribution in [0.25, 0.3) is 0 Å². The lowest BCUT2D eigenvalue weighted by Gasteiger charge is -2.32. The van der Waals surface area contributed by atoms with Gasteiger partial charge >= 0.3 is 7.12 Å². The van der Waals surface area contributed by atoms with Gasteiger partial charge in [0.2, 0.25) is 0 Å².